The summed E-state index contributed by atoms with van der Waals surface area (Å²) in [5, 5.41) is 4.00. The molecule has 1 aromatic carbocycles. The molecule has 0 saturated heterocycles. The van der Waals surface area contributed by atoms with Gasteiger partial charge in [-0.15, -0.1) is 0 Å². The quantitative estimate of drug-likeness (QED) is 0.813. The van der Waals surface area contributed by atoms with E-state index in [0.717, 1.165) is 22.8 Å². The Kier molecular flexibility index (Phi) is 3.53. The van der Waals surface area contributed by atoms with Gasteiger partial charge in [0, 0.05) is 10.6 Å². The van der Waals surface area contributed by atoms with Crippen LogP contribution in [0.4, 0.5) is 11.4 Å². The van der Waals surface area contributed by atoms with Gasteiger partial charge in [-0.3, -0.25) is 0 Å². The predicted molar refractivity (Wildman–Crippen MR) is 76.1 cm³/mol. The van der Waals surface area contributed by atoms with Crippen LogP contribution in [0, 0.1) is 13.8 Å². The van der Waals surface area contributed by atoms with Gasteiger partial charge in [-0.25, -0.2) is 0 Å². The average molecular weight is 265 g/mol. The Bertz CT molecular complexity index is 563. The van der Waals surface area contributed by atoms with Crippen LogP contribution in [0.2, 0.25) is 5.02 Å². The van der Waals surface area contributed by atoms with Crippen molar-refractivity contribution >= 4 is 23.0 Å². The highest BCUT2D eigenvalue weighted by Gasteiger charge is 2.13. The monoisotopic (exact) mass is 264 g/mol. The molecule has 1 heterocycles. The van der Waals surface area contributed by atoms with Crippen molar-refractivity contribution in [3.63, 3.8) is 0 Å². The first-order valence-electron chi connectivity index (χ1n) is 5.86. The standard InChI is InChI=1S/C14H17ClN2O/c1-8-6-12(10(3)18-8)9(2)17-14-5-4-11(15)7-13(14)16/h4-7,9,17H,16H2,1-3H3. The summed E-state index contributed by atoms with van der Waals surface area (Å²) in [6.45, 7) is 5.98. The van der Waals surface area contributed by atoms with Crippen LogP contribution in [0.3, 0.4) is 0 Å². The van der Waals surface area contributed by atoms with Gasteiger partial charge in [-0.2, -0.15) is 0 Å². The molecule has 4 heteroatoms. The van der Waals surface area contributed by atoms with Crippen molar-refractivity contribution in [2.75, 3.05) is 11.1 Å². The van der Waals surface area contributed by atoms with Crippen LogP contribution in [0.1, 0.15) is 30.0 Å². The topological polar surface area (TPSA) is 51.2 Å². The maximum atomic E-state index is 5.92. The third kappa shape index (κ3) is 2.62. The van der Waals surface area contributed by atoms with Crippen molar-refractivity contribution in [1.82, 2.24) is 0 Å². The van der Waals surface area contributed by atoms with Crippen LogP contribution in [0.15, 0.2) is 28.7 Å². The van der Waals surface area contributed by atoms with Crippen molar-refractivity contribution in [3.05, 3.63) is 46.4 Å². The molecule has 0 spiro atoms. The minimum atomic E-state index is 0.130. The number of benzene rings is 1. The molecule has 0 bridgehead atoms. The smallest absolute Gasteiger partial charge is 0.106 e. The van der Waals surface area contributed by atoms with Crippen LogP contribution in [0.5, 0.6) is 0 Å². The number of nitrogens with one attached hydrogen (secondary N) is 1. The van der Waals surface area contributed by atoms with Gasteiger partial charge in [0.2, 0.25) is 0 Å². The summed E-state index contributed by atoms with van der Waals surface area (Å²) >= 11 is 5.88. The Morgan fingerprint density at radius 2 is 2.00 bits per heavy atom. The van der Waals surface area contributed by atoms with Gasteiger partial charge in [0.25, 0.3) is 0 Å². The van der Waals surface area contributed by atoms with E-state index in [-0.39, 0.29) is 6.04 Å². The molecule has 0 amide bonds. The highest BCUT2D eigenvalue weighted by molar-refractivity contribution is 6.31. The second kappa shape index (κ2) is 4.94. The summed E-state index contributed by atoms with van der Waals surface area (Å²) in [6.07, 6.45) is 0. The second-order valence-electron chi connectivity index (χ2n) is 4.47. The molecule has 1 aromatic heterocycles. The van der Waals surface area contributed by atoms with Gasteiger partial charge in [0.05, 0.1) is 17.4 Å². The number of nitrogens with two attached hydrogens (primary N) is 1. The second-order valence-corrected chi connectivity index (χ2v) is 4.90. The number of halogens is 1. The highest BCUT2D eigenvalue weighted by Crippen LogP contribution is 2.29. The normalized spacial score (nSPS) is 12.4. The van der Waals surface area contributed by atoms with Gasteiger partial charge in [-0.05, 0) is 45.0 Å². The molecule has 0 saturated carbocycles. The molecule has 96 valence electrons. The summed E-state index contributed by atoms with van der Waals surface area (Å²) in [5.74, 6) is 1.85. The van der Waals surface area contributed by atoms with E-state index in [1.165, 1.54) is 0 Å². The van der Waals surface area contributed by atoms with Crippen molar-refractivity contribution in [1.29, 1.82) is 0 Å². The number of furan rings is 1. The fraction of sp³-hybridized carbons (Fsp3) is 0.286. The molecule has 1 unspecified atom stereocenters. The largest absolute Gasteiger partial charge is 0.466 e. The molecule has 0 aliphatic rings. The molecule has 0 fully saturated rings. The van der Waals surface area contributed by atoms with Crippen LogP contribution in [-0.4, -0.2) is 0 Å². The zero-order chi connectivity index (χ0) is 13.3. The van der Waals surface area contributed by atoms with Crippen molar-refractivity contribution < 1.29 is 4.42 Å². The lowest BCUT2D eigenvalue weighted by Crippen LogP contribution is -2.08. The van der Waals surface area contributed by atoms with E-state index in [0.29, 0.717) is 10.7 Å². The van der Waals surface area contributed by atoms with E-state index in [9.17, 15) is 0 Å². The molecule has 3 nitrogen and oxygen atoms in total. The van der Waals surface area contributed by atoms with Gasteiger partial charge in [0.1, 0.15) is 11.5 Å². The van der Waals surface area contributed by atoms with E-state index >= 15 is 0 Å². The average Bonchev–Trinajstić information content (AvgIpc) is 2.62. The van der Waals surface area contributed by atoms with E-state index in [4.69, 9.17) is 21.8 Å². The summed E-state index contributed by atoms with van der Waals surface area (Å²) in [5.41, 5.74) is 8.59. The number of rotatable bonds is 3. The molecule has 0 radical (unpaired) electrons. The minimum absolute atomic E-state index is 0.130. The predicted octanol–water partition coefficient (Wildman–Crippen LogP) is 4.31. The maximum Gasteiger partial charge on any atom is 0.106 e. The van der Waals surface area contributed by atoms with E-state index < -0.39 is 0 Å². The van der Waals surface area contributed by atoms with Crippen molar-refractivity contribution in [2.45, 2.75) is 26.8 Å². The first-order valence-corrected chi connectivity index (χ1v) is 6.23. The molecule has 2 rings (SSSR count). The Hall–Kier alpha value is -1.61. The first kappa shape index (κ1) is 12.8. The maximum absolute atomic E-state index is 5.92. The van der Waals surface area contributed by atoms with Crippen LogP contribution in [-0.2, 0) is 0 Å². The van der Waals surface area contributed by atoms with Gasteiger partial charge < -0.3 is 15.5 Å². The SMILES string of the molecule is Cc1cc(C(C)Nc2ccc(Cl)cc2N)c(C)o1. The number of hydrogen-bond acceptors (Lipinski definition) is 3. The first-order chi connectivity index (χ1) is 8.47. The van der Waals surface area contributed by atoms with E-state index in [2.05, 4.69) is 12.2 Å². The zero-order valence-corrected chi connectivity index (χ0v) is 11.5. The summed E-state index contributed by atoms with van der Waals surface area (Å²) < 4.78 is 5.53. The molecule has 1 atom stereocenters. The summed E-state index contributed by atoms with van der Waals surface area (Å²) in [4.78, 5) is 0. The lowest BCUT2D eigenvalue weighted by Gasteiger charge is -2.16. The zero-order valence-electron chi connectivity index (χ0n) is 10.8. The van der Waals surface area contributed by atoms with Crippen LogP contribution < -0.4 is 11.1 Å². The van der Waals surface area contributed by atoms with Gasteiger partial charge in [-0.1, -0.05) is 11.6 Å². The number of aryl methyl sites for hydroxylation is 2. The molecule has 2 aromatic rings. The number of hydrogen-bond donors (Lipinski definition) is 2. The Labute approximate surface area is 112 Å². The third-order valence-electron chi connectivity index (χ3n) is 2.93. The summed E-state index contributed by atoms with van der Waals surface area (Å²) in [7, 11) is 0. The fourth-order valence-electron chi connectivity index (χ4n) is 2.06. The Morgan fingerprint density at radius 1 is 1.28 bits per heavy atom. The third-order valence-corrected chi connectivity index (χ3v) is 3.17. The molecular weight excluding hydrogens is 248 g/mol. The van der Waals surface area contributed by atoms with Crippen LogP contribution in [0.25, 0.3) is 0 Å². The highest BCUT2D eigenvalue weighted by atomic mass is 35.5. The molecule has 18 heavy (non-hydrogen) atoms. The molecule has 0 aliphatic carbocycles. The van der Waals surface area contributed by atoms with Crippen LogP contribution >= 0.6 is 11.6 Å². The minimum Gasteiger partial charge on any atom is -0.466 e. The fourth-order valence-corrected chi connectivity index (χ4v) is 2.24. The molecule has 3 N–H and O–H groups in total. The Morgan fingerprint density at radius 3 is 2.56 bits per heavy atom. The Balaban J connectivity index is 2.21. The van der Waals surface area contributed by atoms with Gasteiger partial charge >= 0.3 is 0 Å². The lowest BCUT2D eigenvalue weighted by atomic mass is 10.1. The van der Waals surface area contributed by atoms with Crippen molar-refractivity contribution in [3.8, 4) is 0 Å². The van der Waals surface area contributed by atoms with E-state index in [1.54, 1.807) is 6.07 Å². The number of nitrogen functional groups attached to an aromatic ring is 1. The summed E-state index contributed by atoms with van der Waals surface area (Å²) in [6, 6.07) is 7.62. The van der Waals surface area contributed by atoms with Crippen molar-refractivity contribution in [2.24, 2.45) is 0 Å². The molecular formula is C14H17ClN2O. The van der Waals surface area contributed by atoms with Gasteiger partial charge in [0.15, 0.2) is 0 Å². The number of anilines is 2. The molecule has 0 aliphatic heterocycles. The van der Waals surface area contributed by atoms with E-state index in [1.807, 2.05) is 32.0 Å². The lowest BCUT2D eigenvalue weighted by molar-refractivity contribution is 0.500.